The lowest BCUT2D eigenvalue weighted by Crippen LogP contribution is -2.46. The largest absolute Gasteiger partial charge is 0.454 e. The van der Waals surface area contributed by atoms with Gasteiger partial charge in [-0.2, -0.15) is 0 Å². The van der Waals surface area contributed by atoms with Gasteiger partial charge in [-0.05, 0) is 50.5 Å². The summed E-state index contributed by atoms with van der Waals surface area (Å²) in [5.74, 6) is 1.74. The molecule has 1 aromatic carbocycles. The molecule has 0 amide bonds. The maximum absolute atomic E-state index is 5.55. The van der Waals surface area contributed by atoms with Crippen LogP contribution in [0, 0.1) is 6.92 Å². The van der Waals surface area contributed by atoms with E-state index in [1.54, 1.807) is 0 Å². The molecule has 0 unspecified atom stereocenters. The lowest BCUT2D eigenvalue weighted by molar-refractivity contribution is 0.174. The highest BCUT2D eigenvalue weighted by molar-refractivity contribution is 5.57. The molecular weight excluding hydrogens is 364 g/mol. The van der Waals surface area contributed by atoms with Crippen LogP contribution in [0.2, 0.25) is 0 Å². The third kappa shape index (κ3) is 3.99. The van der Waals surface area contributed by atoms with Gasteiger partial charge in [-0.15, -0.1) is 0 Å². The molecule has 2 aromatic rings. The Bertz CT molecular complexity index is 851. The fourth-order valence-corrected chi connectivity index (χ4v) is 4.86. The van der Waals surface area contributed by atoms with E-state index < -0.39 is 0 Å². The number of benzene rings is 1. The Kier molecular flexibility index (Phi) is 5.19. The Morgan fingerprint density at radius 3 is 2.48 bits per heavy atom. The zero-order valence-electron chi connectivity index (χ0n) is 17.2. The van der Waals surface area contributed by atoms with Gasteiger partial charge in [-0.1, -0.05) is 0 Å². The second kappa shape index (κ2) is 8.11. The highest BCUT2D eigenvalue weighted by atomic mass is 16.7. The van der Waals surface area contributed by atoms with Crippen molar-refractivity contribution in [1.82, 2.24) is 9.88 Å². The molecule has 4 heterocycles. The molecule has 3 aliphatic rings. The number of ether oxygens (including phenoxy) is 2. The summed E-state index contributed by atoms with van der Waals surface area (Å²) in [4.78, 5) is 12.1. The molecule has 29 heavy (non-hydrogen) atoms. The highest BCUT2D eigenvalue weighted by Gasteiger charge is 2.27. The average molecular weight is 395 g/mol. The minimum absolute atomic E-state index is 0.339. The molecule has 0 aliphatic carbocycles. The average Bonchev–Trinajstić information content (AvgIpc) is 3.08. The van der Waals surface area contributed by atoms with Crippen LogP contribution < -0.4 is 19.3 Å². The van der Waals surface area contributed by atoms with Crippen LogP contribution in [0.15, 0.2) is 36.5 Å². The molecule has 5 rings (SSSR count). The Morgan fingerprint density at radius 2 is 1.62 bits per heavy atom. The normalized spacial score (nSPS) is 20.7. The summed E-state index contributed by atoms with van der Waals surface area (Å²) < 4.78 is 11.0. The third-order valence-corrected chi connectivity index (χ3v) is 6.48. The zero-order chi connectivity index (χ0) is 19.6. The molecular formula is C23H30N4O2. The second-order valence-electron chi connectivity index (χ2n) is 8.29. The number of pyridine rings is 1. The van der Waals surface area contributed by atoms with E-state index >= 15 is 0 Å². The van der Waals surface area contributed by atoms with Gasteiger partial charge in [0.25, 0.3) is 0 Å². The first-order valence-corrected chi connectivity index (χ1v) is 10.8. The number of fused-ring (bicyclic) bond motifs is 1. The number of hydrogen-bond acceptors (Lipinski definition) is 6. The Morgan fingerprint density at radius 1 is 0.828 bits per heavy atom. The molecule has 0 spiro atoms. The van der Waals surface area contributed by atoms with Crippen molar-refractivity contribution >= 4 is 11.4 Å². The van der Waals surface area contributed by atoms with E-state index in [9.17, 15) is 0 Å². The van der Waals surface area contributed by atoms with Crippen molar-refractivity contribution in [3.8, 4) is 11.5 Å². The van der Waals surface area contributed by atoms with Crippen LogP contribution in [-0.4, -0.2) is 62.0 Å². The van der Waals surface area contributed by atoms with Crippen LogP contribution >= 0.6 is 0 Å². The second-order valence-corrected chi connectivity index (χ2v) is 8.29. The Balaban J connectivity index is 1.17. The smallest absolute Gasteiger partial charge is 0.231 e. The fraction of sp³-hybridized carbons (Fsp3) is 0.522. The SMILES string of the molecule is Cc1cc(N2CCCN(C3CCN(c4ccc5c(c4)OCO5)CC3)CC2)ccn1. The molecule has 2 saturated heterocycles. The first kappa shape index (κ1) is 18.6. The molecule has 0 radical (unpaired) electrons. The van der Waals surface area contributed by atoms with Crippen molar-refractivity contribution in [3.63, 3.8) is 0 Å². The number of hydrogen-bond donors (Lipinski definition) is 0. The van der Waals surface area contributed by atoms with Gasteiger partial charge in [0.2, 0.25) is 6.79 Å². The quantitative estimate of drug-likeness (QED) is 0.796. The van der Waals surface area contributed by atoms with Crippen LogP contribution in [-0.2, 0) is 0 Å². The molecule has 6 nitrogen and oxygen atoms in total. The summed E-state index contributed by atoms with van der Waals surface area (Å²) in [6.07, 6.45) is 5.61. The lowest BCUT2D eigenvalue weighted by Gasteiger charge is -2.39. The summed E-state index contributed by atoms with van der Waals surface area (Å²) in [5.41, 5.74) is 3.67. The maximum Gasteiger partial charge on any atom is 0.231 e. The first-order chi connectivity index (χ1) is 14.3. The van der Waals surface area contributed by atoms with Crippen LogP contribution in [0.25, 0.3) is 0 Å². The highest BCUT2D eigenvalue weighted by Crippen LogP contribution is 2.36. The van der Waals surface area contributed by atoms with Gasteiger partial charge in [-0.25, -0.2) is 0 Å². The monoisotopic (exact) mass is 394 g/mol. The van der Waals surface area contributed by atoms with E-state index in [1.807, 2.05) is 12.3 Å². The molecule has 6 heteroatoms. The van der Waals surface area contributed by atoms with Gasteiger partial charge in [0.15, 0.2) is 11.5 Å². The molecule has 0 bridgehead atoms. The molecule has 0 atom stereocenters. The standard InChI is InChI=1S/C23H30N4O2/c1-18-15-21(5-8-24-18)26-10-2-9-25(13-14-26)19-6-11-27(12-7-19)20-3-4-22-23(16-20)29-17-28-22/h3-5,8,15-16,19H,2,6-7,9-14,17H2,1H3. The molecule has 0 saturated carbocycles. The van der Waals surface area contributed by atoms with Crippen molar-refractivity contribution in [2.24, 2.45) is 0 Å². The zero-order valence-corrected chi connectivity index (χ0v) is 17.2. The summed E-state index contributed by atoms with van der Waals surface area (Å²) in [7, 11) is 0. The molecule has 1 aromatic heterocycles. The van der Waals surface area contributed by atoms with E-state index in [4.69, 9.17) is 9.47 Å². The van der Waals surface area contributed by atoms with Crippen molar-refractivity contribution in [3.05, 3.63) is 42.2 Å². The van der Waals surface area contributed by atoms with Gasteiger partial charge in [-0.3, -0.25) is 9.88 Å². The van der Waals surface area contributed by atoms with Crippen LogP contribution in [0.5, 0.6) is 11.5 Å². The summed E-state index contributed by atoms with van der Waals surface area (Å²) in [6, 6.07) is 11.4. The Hall–Kier alpha value is -2.47. The number of piperidine rings is 1. The van der Waals surface area contributed by atoms with Gasteiger partial charge in [0.1, 0.15) is 0 Å². The number of anilines is 2. The van der Waals surface area contributed by atoms with E-state index in [0.717, 1.165) is 49.9 Å². The van der Waals surface area contributed by atoms with E-state index in [0.29, 0.717) is 12.8 Å². The maximum atomic E-state index is 5.55. The van der Waals surface area contributed by atoms with E-state index in [1.165, 1.54) is 37.2 Å². The van der Waals surface area contributed by atoms with E-state index in [-0.39, 0.29) is 0 Å². The van der Waals surface area contributed by atoms with Gasteiger partial charge in [0, 0.05) is 74.6 Å². The molecule has 2 fully saturated rings. The van der Waals surface area contributed by atoms with Crippen molar-refractivity contribution in [2.75, 3.05) is 55.9 Å². The fourth-order valence-electron chi connectivity index (χ4n) is 4.86. The van der Waals surface area contributed by atoms with Crippen LogP contribution in [0.4, 0.5) is 11.4 Å². The van der Waals surface area contributed by atoms with Gasteiger partial charge in [0.05, 0.1) is 0 Å². The summed E-state index contributed by atoms with van der Waals surface area (Å²) in [6.45, 7) is 9.21. The summed E-state index contributed by atoms with van der Waals surface area (Å²) in [5, 5.41) is 0. The van der Waals surface area contributed by atoms with Crippen LogP contribution in [0.1, 0.15) is 25.0 Å². The third-order valence-electron chi connectivity index (χ3n) is 6.48. The minimum atomic E-state index is 0.339. The lowest BCUT2D eigenvalue weighted by atomic mass is 10.0. The van der Waals surface area contributed by atoms with Gasteiger partial charge < -0.3 is 19.3 Å². The predicted octanol–water partition coefficient (Wildman–Crippen LogP) is 3.30. The molecule has 3 aliphatic heterocycles. The molecule has 154 valence electrons. The van der Waals surface area contributed by atoms with Crippen molar-refractivity contribution in [2.45, 2.75) is 32.2 Å². The summed E-state index contributed by atoms with van der Waals surface area (Å²) >= 11 is 0. The predicted molar refractivity (Wildman–Crippen MR) is 115 cm³/mol. The number of nitrogens with zero attached hydrogens (tertiary/aromatic N) is 4. The molecule has 0 N–H and O–H groups in total. The first-order valence-electron chi connectivity index (χ1n) is 10.8. The van der Waals surface area contributed by atoms with Gasteiger partial charge >= 0.3 is 0 Å². The minimum Gasteiger partial charge on any atom is -0.454 e. The number of aromatic nitrogens is 1. The topological polar surface area (TPSA) is 41.1 Å². The number of aryl methyl sites for hydroxylation is 1. The Labute approximate surface area is 173 Å². The van der Waals surface area contributed by atoms with Crippen LogP contribution in [0.3, 0.4) is 0 Å². The van der Waals surface area contributed by atoms with Crippen molar-refractivity contribution in [1.29, 1.82) is 0 Å². The number of rotatable bonds is 3. The van der Waals surface area contributed by atoms with Crippen molar-refractivity contribution < 1.29 is 9.47 Å². The van der Waals surface area contributed by atoms with E-state index in [2.05, 4.69) is 50.9 Å².